The van der Waals surface area contributed by atoms with Crippen LogP contribution >= 0.6 is 11.5 Å². The zero-order valence-electron chi connectivity index (χ0n) is 11.3. The molecule has 0 amide bonds. The minimum absolute atomic E-state index is 0.139. The van der Waals surface area contributed by atoms with Gasteiger partial charge >= 0.3 is 0 Å². The van der Waals surface area contributed by atoms with Crippen LogP contribution in [0.4, 0.5) is 0 Å². The van der Waals surface area contributed by atoms with Crippen LogP contribution in [0.25, 0.3) is 0 Å². The molecule has 1 heterocycles. The number of nitrogens with one attached hydrogen (secondary N) is 1. The highest BCUT2D eigenvalue weighted by atomic mass is 32.1. The second kappa shape index (κ2) is 7.21. The molecule has 0 spiro atoms. The lowest BCUT2D eigenvalue weighted by molar-refractivity contribution is 0.339. The Kier molecular flexibility index (Phi) is 5.30. The molecule has 2 aromatic rings. The highest BCUT2D eigenvalue weighted by Crippen LogP contribution is 2.26. The predicted molar refractivity (Wildman–Crippen MR) is 77.7 cm³/mol. The van der Waals surface area contributed by atoms with Crippen molar-refractivity contribution in [1.82, 2.24) is 14.9 Å². The van der Waals surface area contributed by atoms with Gasteiger partial charge in [-0.3, -0.25) is 0 Å². The van der Waals surface area contributed by atoms with Crippen LogP contribution < -0.4 is 10.1 Å². The Morgan fingerprint density at radius 1 is 1.37 bits per heavy atom. The van der Waals surface area contributed by atoms with Gasteiger partial charge in [0.25, 0.3) is 0 Å². The smallest absolute Gasteiger partial charge is 0.119 e. The van der Waals surface area contributed by atoms with Crippen molar-refractivity contribution in [2.24, 2.45) is 0 Å². The zero-order valence-corrected chi connectivity index (χ0v) is 12.1. The maximum Gasteiger partial charge on any atom is 0.119 e. The fourth-order valence-electron chi connectivity index (χ4n) is 1.92. The molecule has 1 N–H and O–H groups in total. The van der Waals surface area contributed by atoms with Crippen LogP contribution in [0.3, 0.4) is 0 Å². The lowest BCUT2D eigenvalue weighted by Crippen LogP contribution is -2.22. The summed E-state index contributed by atoms with van der Waals surface area (Å²) in [4.78, 5) is 1.13. The van der Waals surface area contributed by atoms with E-state index < -0.39 is 0 Å². The molecule has 0 saturated carbocycles. The topological polar surface area (TPSA) is 47.0 Å². The van der Waals surface area contributed by atoms with Crippen molar-refractivity contribution in [2.45, 2.75) is 26.3 Å². The maximum atomic E-state index is 5.56. The number of hydrogen-bond acceptors (Lipinski definition) is 5. The molecule has 1 unspecified atom stereocenters. The molecule has 2 rings (SSSR count). The van der Waals surface area contributed by atoms with Crippen molar-refractivity contribution < 1.29 is 4.74 Å². The van der Waals surface area contributed by atoms with Crippen molar-refractivity contribution >= 4 is 11.5 Å². The van der Waals surface area contributed by atoms with Gasteiger partial charge < -0.3 is 10.1 Å². The number of aromatic nitrogens is 2. The molecule has 0 aliphatic heterocycles. The second-order valence-corrected chi connectivity index (χ2v) is 5.03. The van der Waals surface area contributed by atoms with E-state index in [0.717, 1.165) is 23.6 Å². The first-order chi connectivity index (χ1) is 9.35. The van der Waals surface area contributed by atoms with Gasteiger partial charge in [0.2, 0.25) is 0 Å². The van der Waals surface area contributed by atoms with E-state index in [9.17, 15) is 0 Å². The molecule has 0 aliphatic rings. The van der Waals surface area contributed by atoms with E-state index in [1.807, 2.05) is 25.3 Å². The first-order valence-electron chi connectivity index (χ1n) is 6.58. The number of ether oxygens (including phenoxy) is 1. The van der Waals surface area contributed by atoms with Gasteiger partial charge in [0.05, 0.1) is 23.7 Å². The molecule has 0 aliphatic carbocycles. The van der Waals surface area contributed by atoms with E-state index in [1.54, 1.807) is 0 Å². The summed E-state index contributed by atoms with van der Waals surface area (Å²) in [7, 11) is 0. The summed E-state index contributed by atoms with van der Waals surface area (Å²) in [6.07, 6.45) is 2.92. The molecule has 0 radical (unpaired) electrons. The van der Waals surface area contributed by atoms with Crippen molar-refractivity contribution in [2.75, 3.05) is 13.2 Å². The van der Waals surface area contributed by atoms with E-state index in [4.69, 9.17) is 4.74 Å². The Morgan fingerprint density at radius 2 is 2.26 bits per heavy atom. The van der Waals surface area contributed by atoms with E-state index in [1.165, 1.54) is 17.1 Å². The third-order valence-electron chi connectivity index (χ3n) is 2.76. The maximum absolute atomic E-state index is 5.56. The van der Waals surface area contributed by atoms with Gasteiger partial charge in [-0.25, -0.2) is 0 Å². The first kappa shape index (κ1) is 14.0. The summed E-state index contributed by atoms with van der Waals surface area (Å²) in [5.41, 5.74) is 1.19. The van der Waals surface area contributed by atoms with Gasteiger partial charge in [-0.15, -0.1) is 5.10 Å². The van der Waals surface area contributed by atoms with Crippen molar-refractivity contribution in [1.29, 1.82) is 0 Å². The van der Waals surface area contributed by atoms with Crippen molar-refractivity contribution in [3.8, 4) is 5.75 Å². The summed E-state index contributed by atoms with van der Waals surface area (Å²) in [5, 5.41) is 7.46. The lowest BCUT2D eigenvalue weighted by atomic mass is 10.1. The standard InChI is InChI=1S/C14H19N3OS/c1-3-8-15-14(13-10-16-17-19-13)11-6-5-7-12(9-11)18-4-2/h5-7,9-10,14-15H,3-4,8H2,1-2H3. The second-order valence-electron chi connectivity index (χ2n) is 4.21. The summed E-state index contributed by atoms with van der Waals surface area (Å²) >= 11 is 1.43. The molecular formula is C14H19N3OS. The van der Waals surface area contributed by atoms with Crippen molar-refractivity contribution in [3.05, 3.63) is 40.9 Å². The quantitative estimate of drug-likeness (QED) is 0.845. The van der Waals surface area contributed by atoms with Crippen LogP contribution in [0.1, 0.15) is 36.8 Å². The molecule has 4 nitrogen and oxygen atoms in total. The molecule has 1 aromatic carbocycles. The van der Waals surface area contributed by atoms with Crippen LogP contribution in [0.2, 0.25) is 0 Å². The minimum Gasteiger partial charge on any atom is -0.494 e. The molecule has 0 saturated heterocycles. The minimum atomic E-state index is 0.139. The van der Waals surface area contributed by atoms with Gasteiger partial charge in [0, 0.05) is 0 Å². The highest BCUT2D eigenvalue weighted by Gasteiger charge is 2.16. The molecular weight excluding hydrogens is 258 g/mol. The van der Waals surface area contributed by atoms with Crippen LogP contribution in [-0.4, -0.2) is 22.7 Å². The van der Waals surface area contributed by atoms with E-state index in [2.05, 4.69) is 34.0 Å². The summed E-state index contributed by atoms with van der Waals surface area (Å²) < 4.78 is 9.52. The lowest BCUT2D eigenvalue weighted by Gasteiger charge is -2.17. The Balaban J connectivity index is 2.24. The number of benzene rings is 1. The Labute approximate surface area is 118 Å². The third-order valence-corrected chi connectivity index (χ3v) is 3.49. The molecule has 19 heavy (non-hydrogen) atoms. The summed E-state index contributed by atoms with van der Waals surface area (Å²) in [5.74, 6) is 0.903. The molecule has 5 heteroatoms. The van der Waals surface area contributed by atoms with Crippen LogP contribution in [0.5, 0.6) is 5.75 Å². The van der Waals surface area contributed by atoms with Crippen LogP contribution in [-0.2, 0) is 0 Å². The van der Waals surface area contributed by atoms with E-state index in [-0.39, 0.29) is 6.04 Å². The average Bonchev–Trinajstić information content (AvgIpc) is 2.94. The third kappa shape index (κ3) is 3.75. The van der Waals surface area contributed by atoms with Gasteiger partial charge in [-0.2, -0.15) is 0 Å². The summed E-state index contributed by atoms with van der Waals surface area (Å²) in [6, 6.07) is 8.33. The Bertz CT molecular complexity index is 487. The van der Waals surface area contributed by atoms with Gasteiger partial charge in [-0.05, 0) is 49.1 Å². The number of rotatable bonds is 7. The van der Waals surface area contributed by atoms with Crippen LogP contribution in [0.15, 0.2) is 30.5 Å². The zero-order chi connectivity index (χ0) is 13.5. The van der Waals surface area contributed by atoms with E-state index in [0.29, 0.717) is 6.61 Å². The largest absolute Gasteiger partial charge is 0.494 e. The van der Waals surface area contributed by atoms with Gasteiger partial charge in [0.15, 0.2) is 0 Å². The molecule has 1 aromatic heterocycles. The first-order valence-corrected chi connectivity index (χ1v) is 7.35. The SMILES string of the molecule is CCCNC(c1cccc(OCC)c1)c1cnns1. The van der Waals surface area contributed by atoms with Crippen LogP contribution in [0, 0.1) is 0 Å². The Hall–Kier alpha value is -1.46. The molecule has 102 valence electrons. The number of nitrogens with zero attached hydrogens (tertiary/aromatic N) is 2. The normalized spacial score (nSPS) is 12.3. The highest BCUT2D eigenvalue weighted by molar-refractivity contribution is 7.05. The number of hydrogen-bond donors (Lipinski definition) is 1. The fourth-order valence-corrected chi connectivity index (χ4v) is 2.53. The van der Waals surface area contributed by atoms with Gasteiger partial charge in [-0.1, -0.05) is 23.5 Å². The summed E-state index contributed by atoms with van der Waals surface area (Å²) in [6.45, 7) is 5.79. The Morgan fingerprint density at radius 3 is 2.95 bits per heavy atom. The van der Waals surface area contributed by atoms with E-state index >= 15 is 0 Å². The molecule has 1 atom stereocenters. The monoisotopic (exact) mass is 277 g/mol. The molecule has 0 bridgehead atoms. The fraction of sp³-hybridized carbons (Fsp3) is 0.429. The molecule has 0 fully saturated rings. The van der Waals surface area contributed by atoms with Crippen molar-refractivity contribution in [3.63, 3.8) is 0 Å². The van der Waals surface area contributed by atoms with Gasteiger partial charge in [0.1, 0.15) is 5.75 Å². The average molecular weight is 277 g/mol. The predicted octanol–water partition coefficient (Wildman–Crippen LogP) is 3.03.